The standard InChI is InChI=1S/C17H18O3/c1-17(2,3)14-12(9-10-13(18)16(14)20)15(19)11-7-5-4-6-8-11/h4-10,18,20H,1-3H3. The lowest BCUT2D eigenvalue weighted by Gasteiger charge is -2.24. The summed E-state index contributed by atoms with van der Waals surface area (Å²) in [6, 6.07) is 11.8. The maximum absolute atomic E-state index is 12.6. The maximum atomic E-state index is 12.6. The van der Waals surface area contributed by atoms with Crippen LogP contribution in [0.2, 0.25) is 0 Å². The summed E-state index contributed by atoms with van der Waals surface area (Å²) in [6.07, 6.45) is 0. The first-order chi connectivity index (χ1) is 9.32. The molecule has 2 aromatic carbocycles. The van der Waals surface area contributed by atoms with E-state index in [1.165, 1.54) is 6.07 Å². The van der Waals surface area contributed by atoms with Crippen molar-refractivity contribution in [1.82, 2.24) is 0 Å². The number of carbonyl (C=O) groups excluding carboxylic acids is 1. The molecule has 0 saturated carbocycles. The van der Waals surface area contributed by atoms with Crippen LogP contribution < -0.4 is 0 Å². The second-order valence-corrected chi connectivity index (χ2v) is 5.80. The number of carbonyl (C=O) groups is 1. The minimum Gasteiger partial charge on any atom is -0.504 e. The van der Waals surface area contributed by atoms with Crippen molar-refractivity contribution in [2.75, 3.05) is 0 Å². The smallest absolute Gasteiger partial charge is 0.193 e. The highest BCUT2D eigenvalue weighted by Crippen LogP contribution is 2.40. The first-order valence-electron chi connectivity index (χ1n) is 6.47. The predicted molar refractivity (Wildman–Crippen MR) is 78.3 cm³/mol. The first-order valence-corrected chi connectivity index (χ1v) is 6.47. The molecule has 0 amide bonds. The fourth-order valence-corrected chi connectivity index (χ4v) is 2.27. The quantitative estimate of drug-likeness (QED) is 0.647. The predicted octanol–water partition coefficient (Wildman–Crippen LogP) is 3.63. The second-order valence-electron chi connectivity index (χ2n) is 5.80. The van der Waals surface area contributed by atoms with Gasteiger partial charge in [-0.2, -0.15) is 0 Å². The van der Waals surface area contributed by atoms with Crippen molar-refractivity contribution in [1.29, 1.82) is 0 Å². The number of benzene rings is 2. The van der Waals surface area contributed by atoms with E-state index in [0.29, 0.717) is 16.7 Å². The van der Waals surface area contributed by atoms with E-state index in [1.807, 2.05) is 26.8 Å². The highest BCUT2D eigenvalue weighted by atomic mass is 16.3. The fourth-order valence-electron chi connectivity index (χ4n) is 2.27. The third-order valence-electron chi connectivity index (χ3n) is 3.19. The lowest BCUT2D eigenvalue weighted by atomic mass is 9.81. The van der Waals surface area contributed by atoms with E-state index < -0.39 is 5.41 Å². The van der Waals surface area contributed by atoms with Crippen LogP contribution in [-0.4, -0.2) is 16.0 Å². The molecule has 0 radical (unpaired) electrons. The molecule has 0 heterocycles. The molecule has 3 heteroatoms. The number of rotatable bonds is 2. The van der Waals surface area contributed by atoms with Crippen molar-refractivity contribution in [3.8, 4) is 11.5 Å². The molecule has 2 rings (SSSR count). The van der Waals surface area contributed by atoms with Crippen LogP contribution in [-0.2, 0) is 5.41 Å². The maximum Gasteiger partial charge on any atom is 0.193 e. The molecule has 0 bridgehead atoms. The third-order valence-corrected chi connectivity index (χ3v) is 3.19. The Kier molecular flexibility index (Phi) is 3.53. The van der Waals surface area contributed by atoms with Crippen molar-refractivity contribution >= 4 is 5.78 Å². The van der Waals surface area contributed by atoms with Crippen LogP contribution >= 0.6 is 0 Å². The molecular weight excluding hydrogens is 252 g/mol. The fraction of sp³-hybridized carbons (Fsp3) is 0.235. The average Bonchev–Trinajstić information content (AvgIpc) is 2.40. The van der Waals surface area contributed by atoms with Crippen molar-refractivity contribution in [3.63, 3.8) is 0 Å². The van der Waals surface area contributed by atoms with Gasteiger partial charge in [-0.25, -0.2) is 0 Å². The number of hydrogen-bond acceptors (Lipinski definition) is 3. The number of phenolic OH excluding ortho intramolecular Hbond substituents is 2. The van der Waals surface area contributed by atoms with Crippen LogP contribution in [0.25, 0.3) is 0 Å². The van der Waals surface area contributed by atoms with Crippen LogP contribution in [0.5, 0.6) is 11.5 Å². The molecule has 0 aliphatic carbocycles. The molecule has 0 aromatic heterocycles. The molecule has 2 aromatic rings. The van der Waals surface area contributed by atoms with Crippen LogP contribution in [0.15, 0.2) is 42.5 Å². The SMILES string of the molecule is CC(C)(C)c1c(C(=O)c2ccccc2)ccc(O)c1O. The molecular formula is C17H18O3. The summed E-state index contributed by atoms with van der Waals surface area (Å²) in [5.74, 6) is -0.593. The van der Waals surface area contributed by atoms with Gasteiger partial charge in [0.2, 0.25) is 0 Å². The molecule has 20 heavy (non-hydrogen) atoms. The molecule has 0 fully saturated rings. The van der Waals surface area contributed by atoms with Gasteiger partial charge in [-0.3, -0.25) is 4.79 Å². The highest BCUT2D eigenvalue weighted by molar-refractivity contribution is 6.10. The molecule has 0 saturated heterocycles. The Balaban J connectivity index is 2.64. The second kappa shape index (κ2) is 5.00. The molecule has 0 atom stereocenters. The van der Waals surface area contributed by atoms with Crippen LogP contribution in [0.1, 0.15) is 42.3 Å². The zero-order valence-corrected chi connectivity index (χ0v) is 11.8. The Bertz CT molecular complexity index is 637. The topological polar surface area (TPSA) is 57.5 Å². The van der Waals surface area contributed by atoms with Gasteiger partial charge in [0.15, 0.2) is 17.3 Å². The van der Waals surface area contributed by atoms with E-state index >= 15 is 0 Å². The number of phenols is 2. The van der Waals surface area contributed by atoms with Crippen LogP contribution in [0.3, 0.4) is 0 Å². The largest absolute Gasteiger partial charge is 0.504 e. The van der Waals surface area contributed by atoms with Gasteiger partial charge >= 0.3 is 0 Å². The van der Waals surface area contributed by atoms with Crippen molar-refractivity contribution in [2.45, 2.75) is 26.2 Å². The molecule has 2 N–H and O–H groups in total. The Morgan fingerprint density at radius 3 is 2.10 bits per heavy atom. The number of ketones is 1. The van der Waals surface area contributed by atoms with Gasteiger partial charge in [0, 0.05) is 16.7 Å². The van der Waals surface area contributed by atoms with E-state index in [9.17, 15) is 15.0 Å². The Labute approximate surface area is 118 Å². The van der Waals surface area contributed by atoms with Gasteiger partial charge in [0.05, 0.1) is 0 Å². The van der Waals surface area contributed by atoms with Crippen molar-refractivity contribution < 1.29 is 15.0 Å². The summed E-state index contributed by atoms with van der Waals surface area (Å²) < 4.78 is 0. The third kappa shape index (κ3) is 2.52. The van der Waals surface area contributed by atoms with E-state index in [1.54, 1.807) is 30.3 Å². The summed E-state index contributed by atoms with van der Waals surface area (Å²) in [4.78, 5) is 12.6. The van der Waals surface area contributed by atoms with Crippen LogP contribution in [0.4, 0.5) is 0 Å². The van der Waals surface area contributed by atoms with Gasteiger partial charge in [0.1, 0.15) is 0 Å². The normalized spacial score (nSPS) is 11.3. The van der Waals surface area contributed by atoms with E-state index in [0.717, 1.165) is 0 Å². The van der Waals surface area contributed by atoms with Gasteiger partial charge in [-0.05, 0) is 17.5 Å². The van der Waals surface area contributed by atoms with Gasteiger partial charge in [0.25, 0.3) is 0 Å². The summed E-state index contributed by atoms with van der Waals surface area (Å²) in [7, 11) is 0. The molecule has 104 valence electrons. The minimum atomic E-state index is -0.456. The van der Waals surface area contributed by atoms with Crippen LogP contribution in [0, 0.1) is 0 Å². The zero-order valence-electron chi connectivity index (χ0n) is 11.8. The lowest BCUT2D eigenvalue weighted by Crippen LogP contribution is -2.17. The molecule has 0 aliphatic rings. The molecule has 3 nitrogen and oxygen atoms in total. The van der Waals surface area contributed by atoms with E-state index in [2.05, 4.69) is 0 Å². The summed E-state index contributed by atoms with van der Waals surface area (Å²) >= 11 is 0. The first kappa shape index (κ1) is 14.1. The average molecular weight is 270 g/mol. The number of hydrogen-bond donors (Lipinski definition) is 2. The van der Waals surface area contributed by atoms with E-state index in [4.69, 9.17) is 0 Å². The Morgan fingerprint density at radius 2 is 1.55 bits per heavy atom. The van der Waals surface area contributed by atoms with Crippen molar-refractivity contribution in [3.05, 3.63) is 59.2 Å². The molecule has 0 unspecified atom stereocenters. The summed E-state index contributed by atoms with van der Waals surface area (Å²) in [6.45, 7) is 5.68. The highest BCUT2D eigenvalue weighted by Gasteiger charge is 2.27. The Hall–Kier alpha value is -2.29. The number of aromatic hydroxyl groups is 2. The molecule has 0 spiro atoms. The summed E-state index contributed by atoms with van der Waals surface area (Å²) in [5.41, 5.74) is 0.983. The minimum absolute atomic E-state index is 0.161. The van der Waals surface area contributed by atoms with Gasteiger partial charge in [-0.1, -0.05) is 51.1 Å². The van der Waals surface area contributed by atoms with E-state index in [-0.39, 0.29) is 17.3 Å². The van der Waals surface area contributed by atoms with Crippen molar-refractivity contribution in [2.24, 2.45) is 0 Å². The molecule has 0 aliphatic heterocycles. The van der Waals surface area contributed by atoms with Gasteiger partial charge in [-0.15, -0.1) is 0 Å². The summed E-state index contributed by atoms with van der Waals surface area (Å²) in [5, 5.41) is 19.8. The monoisotopic (exact) mass is 270 g/mol. The lowest BCUT2D eigenvalue weighted by molar-refractivity contribution is 0.103. The van der Waals surface area contributed by atoms with Gasteiger partial charge < -0.3 is 10.2 Å². The Morgan fingerprint density at radius 1 is 0.950 bits per heavy atom. The zero-order chi connectivity index (χ0) is 14.9.